The highest BCUT2D eigenvalue weighted by Gasteiger charge is 2.17. The van der Waals surface area contributed by atoms with Gasteiger partial charge in [-0.05, 0) is 61.4 Å². The van der Waals surface area contributed by atoms with Crippen LogP contribution in [0.1, 0.15) is 11.1 Å². The molecule has 0 spiro atoms. The highest BCUT2D eigenvalue weighted by molar-refractivity contribution is 5.91. The van der Waals surface area contributed by atoms with Crippen molar-refractivity contribution in [2.24, 2.45) is 0 Å². The lowest BCUT2D eigenvalue weighted by atomic mass is 10.1. The molecule has 0 unspecified atom stereocenters. The number of nitrogens with zero attached hydrogens (tertiary/aromatic N) is 3. The zero-order valence-corrected chi connectivity index (χ0v) is 15.7. The Balaban J connectivity index is 1.75. The van der Waals surface area contributed by atoms with Gasteiger partial charge in [-0.15, -0.1) is 0 Å². The molecule has 0 bridgehead atoms. The summed E-state index contributed by atoms with van der Waals surface area (Å²) in [5.74, 6) is -0.225. The Morgan fingerprint density at radius 3 is 2.43 bits per heavy atom. The molecule has 2 aromatic heterocycles. The van der Waals surface area contributed by atoms with Crippen LogP contribution in [0.3, 0.4) is 0 Å². The number of amides is 1. The number of carbonyl (C=O) groups excluding carboxylic acids is 1. The molecule has 28 heavy (non-hydrogen) atoms. The van der Waals surface area contributed by atoms with Gasteiger partial charge in [-0.1, -0.05) is 24.3 Å². The van der Waals surface area contributed by atoms with Crippen molar-refractivity contribution in [1.29, 1.82) is 0 Å². The highest BCUT2D eigenvalue weighted by atomic mass is 16.2. The van der Waals surface area contributed by atoms with Gasteiger partial charge in [-0.2, -0.15) is 0 Å². The summed E-state index contributed by atoms with van der Waals surface area (Å²) < 4.78 is 3.11. The third kappa shape index (κ3) is 3.32. The summed E-state index contributed by atoms with van der Waals surface area (Å²) in [5.41, 5.74) is 3.85. The van der Waals surface area contributed by atoms with Crippen molar-refractivity contribution in [2.45, 2.75) is 20.4 Å². The summed E-state index contributed by atoms with van der Waals surface area (Å²) in [6.07, 6.45) is 1.62. The number of aryl methyl sites for hydroxylation is 2. The fourth-order valence-electron chi connectivity index (χ4n) is 3.44. The Morgan fingerprint density at radius 1 is 1.00 bits per heavy atom. The van der Waals surface area contributed by atoms with Crippen LogP contribution in [0.15, 0.2) is 71.7 Å². The van der Waals surface area contributed by atoms with Gasteiger partial charge in [0.15, 0.2) is 5.65 Å². The summed E-state index contributed by atoms with van der Waals surface area (Å²) >= 11 is 0. The maximum atomic E-state index is 12.9. The number of pyridine rings is 1. The summed E-state index contributed by atoms with van der Waals surface area (Å²) in [6, 6.07) is 18.6. The number of aromatic nitrogens is 3. The lowest BCUT2D eigenvalue weighted by Crippen LogP contribution is -2.27. The van der Waals surface area contributed by atoms with Gasteiger partial charge < -0.3 is 5.32 Å². The first-order valence-electron chi connectivity index (χ1n) is 9.03. The maximum absolute atomic E-state index is 12.9. The normalized spacial score (nSPS) is 10.9. The molecular formula is C22H20N4O2. The second-order valence-corrected chi connectivity index (χ2v) is 6.81. The standard InChI is InChI=1S/C22H20N4O2/c1-15-11-16(2)13-17(12-15)24-20(27)14-25-21-19(9-6-10-23-21)22(28)26(25)18-7-4-3-5-8-18/h3-13H,14H2,1-2H3,(H,24,27). The Kier molecular flexibility index (Phi) is 4.53. The average Bonchev–Trinajstić information content (AvgIpc) is 2.94. The second kappa shape index (κ2) is 7.15. The predicted molar refractivity (Wildman–Crippen MR) is 110 cm³/mol. The molecule has 0 aliphatic heterocycles. The Morgan fingerprint density at radius 2 is 1.71 bits per heavy atom. The van der Waals surface area contributed by atoms with E-state index < -0.39 is 0 Å². The molecule has 0 radical (unpaired) electrons. The molecule has 2 aromatic carbocycles. The monoisotopic (exact) mass is 372 g/mol. The quantitative estimate of drug-likeness (QED) is 0.597. The molecular weight excluding hydrogens is 352 g/mol. The van der Waals surface area contributed by atoms with Crippen LogP contribution < -0.4 is 10.9 Å². The number of benzene rings is 2. The maximum Gasteiger partial charge on any atom is 0.280 e. The zero-order chi connectivity index (χ0) is 19.7. The minimum absolute atomic E-state index is 0.0301. The molecule has 4 rings (SSSR count). The van der Waals surface area contributed by atoms with Gasteiger partial charge in [-0.3, -0.25) is 14.3 Å². The fraction of sp³-hybridized carbons (Fsp3) is 0.136. The van der Waals surface area contributed by atoms with Gasteiger partial charge in [0.1, 0.15) is 6.54 Å². The van der Waals surface area contributed by atoms with E-state index in [0.29, 0.717) is 16.7 Å². The van der Waals surface area contributed by atoms with Crippen molar-refractivity contribution in [1.82, 2.24) is 14.3 Å². The zero-order valence-electron chi connectivity index (χ0n) is 15.7. The van der Waals surface area contributed by atoms with Gasteiger partial charge in [0.05, 0.1) is 11.1 Å². The average molecular weight is 372 g/mol. The molecule has 140 valence electrons. The largest absolute Gasteiger partial charge is 0.324 e. The minimum Gasteiger partial charge on any atom is -0.324 e. The van der Waals surface area contributed by atoms with Crippen LogP contribution in [-0.4, -0.2) is 20.3 Å². The summed E-state index contributed by atoms with van der Waals surface area (Å²) in [7, 11) is 0. The van der Waals surface area contributed by atoms with Crippen molar-refractivity contribution >= 4 is 22.6 Å². The molecule has 0 aliphatic rings. The first-order valence-corrected chi connectivity index (χ1v) is 9.03. The van der Waals surface area contributed by atoms with Crippen LogP contribution in [0.2, 0.25) is 0 Å². The minimum atomic E-state index is -0.225. The van der Waals surface area contributed by atoms with Crippen molar-refractivity contribution in [2.75, 3.05) is 5.32 Å². The first kappa shape index (κ1) is 17.7. The molecule has 1 amide bonds. The molecule has 0 saturated heterocycles. The number of anilines is 1. The van der Waals surface area contributed by atoms with Crippen LogP contribution in [0.25, 0.3) is 16.7 Å². The van der Waals surface area contributed by atoms with Gasteiger partial charge in [-0.25, -0.2) is 9.67 Å². The van der Waals surface area contributed by atoms with Crippen molar-refractivity contribution < 1.29 is 4.79 Å². The van der Waals surface area contributed by atoms with E-state index in [4.69, 9.17) is 0 Å². The number of hydrogen-bond acceptors (Lipinski definition) is 3. The fourth-order valence-corrected chi connectivity index (χ4v) is 3.44. The van der Waals surface area contributed by atoms with Gasteiger partial charge >= 0.3 is 0 Å². The van der Waals surface area contributed by atoms with E-state index in [1.807, 2.05) is 62.4 Å². The molecule has 6 nitrogen and oxygen atoms in total. The van der Waals surface area contributed by atoms with Crippen LogP contribution in [0.5, 0.6) is 0 Å². The van der Waals surface area contributed by atoms with Crippen LogP contribution in [0.4, 0.5) is 5.69 Å². The van der Waals surface area contributed by atoms with Crippen molar-refractivity contribution in [3.63, 3.8) is 0 Å². The number of carbonyl (C=O) groups is 1. The Bertz CT molecular complexity index is 1200. The van der Waals surface area contributed by atoms with Gasteiger partial charge in [0.2, 0.25) is 5.91 Å². The van der Waals surface area contributed by atoms with Crippen molar-refractivity contribution in [3.05, 3.63) is 88.3 Å². The molecule has 2 heterocycles. The SMILES string of the molecule is Cc1cc(C)cc(NC(=O)Cn2c3ncccc3c(=O)n2-c2ccccc2)c1. The second-order valence-electron chi connectivity index (χ2n) is 6.81. The number of nitrogens with one attached hydrogen (secondary N) is 1. The van der Waals surface area contributed by atoms with E-state index in [9.17, 15) is 9.59 Å². The molecule has 0 aliphatic carbocycles. The van der Waals surface area contributed by atoms with E-state index in [0.717, 1.165) is 16.8 Å². The number of hydrogen-bond donors (Lipinski definition) is 1. The van der Waals surface area contributed by atoms with Crippen LogP contribution in [0, 0.1) is 13.8 Å². The molecule has 1 N–H and O–H groups in total. The third-order valence-corrected chi connectivity index (χ3v) is 4.49. The highest BCUT2D eigenvalue weighted by Crippen LogP contribution is 2.16. The molecule has 0 atom stereocenters. The number of fused-ring (bicyclic) bond motifs is 1. The lowest BCUT2D eigenvalue weighted by Gasteiger charge is -2.13. The third-order valence-electron chi connectivity index (χ3n) is 4.49. The molecule has 0 saturated carbocycles. The molecule has 0 fully saturated rings. The van der Waals surface area contributed by atoms with E-state index in [2.05, 4.69) is 10.3 Å². The molecule has 4 aromatic rings. The smallest absolute Gasteiger partial charge is 0.280 e. The number of rotatable bonds is 4. The topological polar surface area (TPSA) is 68.9 Å². The van der Waals surface area contributed by atoms with Gasteiger partial charge in [0, 0.05) is 11.9 Å². The summed E-state index contributed by atoms with van der Waals surface area (Å²) in [4.78, 5) is 30.1. The van der Waals surface area contributed by atoms with E-state index >= 15 is 0 Å². The lowest BCUT2D eigenvalue weighted by molar-refractivity contribution is -0.116. The summed E-state index contributed by atoms with van der Waals surface area (Å²) in [5, 5.41) is 3.40. The van der Waals surface area contributed by atoms with E-state index in [-0.39, 0.29) is 18.0 Å². The number of para-hydroxylation sites is 1. The predicted octanol–water partition coefficient (Wildman–Crippen LogP) is 3.44. The first-order chi connectivity index (χ1) is 13.5. The van der Waals surface area contributed by atoms with Crippen molar-refractivity contribution in [3.8, 4) is 5.69 Å². The van der Waals surface area contributed by atoms with E-state index in [1.165, 1.54) is 4.68 Å². The van der Waals surface area contributed by atoms with Gasteiger partial charge in [0.25, 0.3) is 5.56 Å². The summed E-state index contributed by atoms with van der Waals surface area (Å²) in [6.45, 7) is 3.94. The van der Waals surface area contributed by atoms with E-state index in [1.54, 1.807) is 23.0 Å². The Hall–Kier alpha value is -3.67. The Labute approximate surface area is 162 Å². The molecule has 6 heteroatoms. The van der Waals surface area contributed by atoms with Crippen LogP contribution in [-0.2, 0) is 11.3 Å². The van der Waals surface area contributed by atoms with Crippen LogP contribution >= 0.6 is 0 Å².